The minimum atomic E-state index is -0.859. The number of nitrogens with one attached hydrogen (secondary N) is 3. The van der Waals surface area contributed by atoms with Gasteiger partial charge < -0.3 is 25.3 Å². The highest BCUT2D eigenvalue weighted by Crippen LogP contribution is 2.46. The Morgan fingerprint density at radius 2 is 1.66 bits per heavy atom. The minimum Gasteiger partial charge on any atom is -0.496 e. The number of rotatable bonds is 8. The van der Waals surface area contributed by atoms with E-state index in [0.717, 1.165) is 38.9 Å². The second-order valence-corrected chi connectivity index (χ2v) is 11.3. The van der Waals surface area contributed by atoms with E-state index >= 15 is 0 Å². The number of amides is 3. The Hall–Kier alpha value is -5.37. The Morgan fingerprint density at radius 3 is 2.50 bits per heavy atom. The van der Waals surface area contributed by atoms with Crippen molar-refractivity contribution in [2.24, 2.45) is 0 Å². The van der Waals surface area contributed by atoms with Gasteiger partial charge in [0.05, 0.1) is 13.2 Å². The number of H-pyrrole nitrogens is 1. The van der Waals surface area contributed by atoms with Gasteiger partial charge in [-0.1, -0.05) is 84.9 Å². The normalized spacial score (nSPS) is 17.4. The highest BCUT2D eigenvalue weighted by molar-refractivity contribution is 6.04. The molecule has 3 heterocycles. The van der Waals surface area contributed by atoms with Gasteiger partial charge >= 0.3 is 0 Å². The largest absolute Gasteiger partial charge is 0.496 e. The number of ether oxygens (including phenoxy) is 1. The molecule has 0 bridgehead atoms. The molecular formula is C36H32N4O4. The van der Waals surface area contributed by atoms with Crippen LogP contribution in [0.2, 0.25) is 0 Å². The monoisotopic (exact) mass is 584 g/mol. The van der Waals surface area contributed by atoms with Crippen LogP contribution in [0.5, 0.6) is 5.75 Å². The summed E-state index contributed by atoms with van der Waals surface area (Å²) in [4.78, 5) is 47.0. The van der Waals surface area contributed by atoms with Crippen molar-refractivity contribution in [1.29, 1.82) is 0 Å². The molecule has 44 heavy (non-hydrogen) atoms. The number of fused-ring (bicyclic) bond motifs is 7. The van der Waals surface area contributed by atoms with Crippen LogP contribution >= 0.6 is 0 Å². The summed E-state index contributed by atoms with van der Waals surface area (Å²) in [5.74, 6) is -0.189. The first-order valence-electron chi connectivity index (χ1n) is 14.8. The zero-order valence-electron chi connectivity index (χ0n) is 24.2. The summed E-state index contributed by atoms with van der Waals surface area (Å²) in [6, 6.07) is 30.5. The van der Waals surface area contributed by atoms with Crippen molar-refractivity contribution in [2.75, 3.05) is 7.11 Å². The van der Waals surface area contributed by atoms with Crippen molar-refractivity contribution >= 4 is 28.6 Å². The number of nitrogens with zero attached hydrogens (tertiary/aromatic N) is 1. The van der Waals surface area contributed by atoms with Crippen molar-refractivity contribution in [3.63, 3.8) is 0 Å². The van der Waals surface area contributed by atoms with Crippen molar-refractivity contribution in [1.82, 2.24) is 20.5 Å². The number of hydrogen-bond donors (Lipinski definition) is 3. The van der Waals surface area contributed by atoms with Crippen LogP contribution in [0, 0.1) is 0 Å². The van der Waals surface area contributed by atoms with E-state index in [2.05, 4.69) is 15.6 Å². The van der Waals surface area contributed by atoms with E-state index in [1.807, 2.05) is 103 Å². The maximum absolute atomic E-state index is 14.3. The van der Waals surface area contributed by atoms with Crippen molar-refractivity contribution in [3.05, 3.63) is 137 Å². The maximum atomic E-state index is 14.3. The van der Waals surface area contributed by atoms with E-state index in [9.17, 15) is 14.4 Å². The van der Waals surface area contributed by atoms with Crippen LogP contribution in [0.4, 0.5) is 0 Å². The molecule has 3 N–H and O–H groups in total. The molecular weight excluding hydrogens is 552 g/mol. The number of para-hydroxylation sites is 2. The van der Waals surface area contributed by atoms with Gasteiger partial charge in [-0.05, 0) is 34.9 Å². The van der Waals surface area contributed by atoms with Crippen LogP contribution in [-0.2, 0) is 29.0 Å². The van der Waals surface area contributed by atoms with Gasteiger partial charge in [0, 0.05) is 47.1 Å². The summed E-state index contributed by atoms with van der Waals surface area (Å²) in [6.07, 6.45) is 0.634. The van der Waals surface area contributed by atoms with Crippen LogP contribution in [0.1, 0.15) is 44.3 Å². The fraction of sp³-hybridized carbons (Fsp3) is 0.194. The summed E-state index contributed by atoms with van der Waals surface area (Å²) >= 11 is 0. The molecule has 0 spiro atoms. The van der Waals surface area contributed by atoms with Crippen LogP contribution in [0.15, 0.2) is 103 Å². The first-order chi connectivity index (χ1) is 21.5. The average molecular weight is 585 g/mol. The quantitative estimate of drug-likeness (QED) is 0.246. The molecule has 0 fully saturated rings. The highest BCUT2D eigenvalue weighted by Gasteiger charge is 2.49. The molecule has 3 atom stereocenters. The van der Waals surface area contributed by atoms with Gasteiger partial charge in [-0.3, -0.25) is 14.4 Å². The molecule has 4 aromatic carbocycles. The van der Waals surface area contributed by atoms with Crippen LogP contribution in [-0.4, -0.2) is 46.8 Å². The summed E-state index contributed by atoms with van der Waals surface area (Å²) in [5, 5.41) is 7.07. The SMILES string of the molecule is COc1ccccc1CNC(=O)[C@H](Cc1ccccc1)NC(=O)[C@@H]1Cc2c([nH]c3ccccc23)[C@@H]2c3ccccc3C(=O)N21. The van der Waals surface area contributed by atoms with Crippen molar-refractivity contribution in [3.8, 4) is 5.75 Å². The van der Waals surface area contributed by atoms with E-state index in [0.29, 0.717) is 24.2 Å². The second kappa shape index (κ2) is 11.4. The molecule has 8 heteroatoms. The predicted octanol–water partition coefficient (Wildman–Crippen LogP) is 4.69. The molecule has 5 aromatic rings. The Morgan fingerprint density at radius 1 is 0.932 bits per heavy atom. The lowest BCUT2D eigenvalue weighted by Crippen LogP contribution is -2.57. The molecule has 0 saturated carbocycles. The van der Waals surface area contributed by atoms with E-state index < -0.39 is 18.1 Å². The van der Waals surface area contributed by atoms with E-state index in [1.165, 1.54) is 0 Å². The zero-order valence-corrected chi connectivity index (χ0v) is 24.2. The number of carbonyl (C=O) groups excluding carboxylic acids is 3. The first kappa shape index (κ1) is 27.5. The maximum Gasteiger partial charge on any atom is 0.255 e. The van der Waals surface area contributed by atoms with Gasteiger partial charge in [0.2, 0.25) is 11.8 Å². The summed E-state index contributed by atoms with van der Waals surface area (Å²) in [6.45, 7) is 0.244. The Bertz CT molecular complexity index is 1880. The standard InChI is InChI=1S/C36H32N4O4/c1-44-31-18-10-5-13-23(31)21-37-34(41)29(19-22-11-3-2-4-12-22)39-35(42)30-20-27-24-14-8-9-17-28(24)38-32(27)33-25-15-6-7-16-26(25)36(43)40(30)33/h2-18,29-30,33,38H,19-21H2,1H3,(H,37,41)(H,39,42)/t29-,30-,33-/m0/s1. The van der Waals surface area contributed by atoms with E-state index in [4.69, 9.17) is 4.74 Å². The molecule has 0 unspecified atom stereocenters. The molecule has 0 saturated heterocycles. The fourth-order valence-corrected chi connectivity index (χ4v) is 6.62. The Balaban J connectivity index is 1.21. The molecule has 2 aliphatic rings. The van der Waals surface area contributed by atoms with E-state index in [1.54, 1.807) is 12.0 Å². The number of benzene rings is 4. The fourth-order valence-electron chi connectivity index (χ4n) is 6.62. The molecule has 220 valence electrons. The van der Waals surface area contributed by atoms with Crippen molar-refractivity contribution < 1.29 is 19.1 Å². The number of carbonyl (C=O) groups is 3. The summed E-state index contributed by atoms with van der Waals surface area (Å²) < 4.78 is 5.45. The van der Waals surface area contributed by atoms with Gasteiger partial charge in [0.25, 0.3) is 5.91 Å². The number of hydrogen-bond acceptors (Lipinski definition) is 4. The smallest absolute Gasteiger partial charge is 0.255 e. The van der Waals surface area contributed by atoms with Gasteiger partial charge in [0.1, 0.15) is 17.8 Å². The van der Waals surface area contributed by atoms with E-state index in [-0.39, 0.29) is 24.3 Å². The number of aromatic amines is 1. The second-order valence-electron chi connectivity index (χ2n) is 11.3. The zero-order chi connectivity index (χ0) is 30.2. The summed E-state index contributed by atoms with van der Waals surface area (Å²) in [5.41, 5.74) is 6.13. The highest BCUT2D eigenvalue weighted by atomic mass is 16.5. The van der Waals surface area contributed by atoms with Crippen LogP contribution in [0.25, 0.3) is 10.9 Å². The lowest BCUT2D eigenvalue weighted by atomic mass is 9.89. The van der Waals surface area contributed by atoms with Gasteiger partial charge in [-0.2, -0.15) is 0 Å². The molecule has 0 radical (unpaired) electrons. The molecule has 7 rings (SSSR count). The minimum absolute atomic E-state index is 0.185. The van der Waals surface area contributed by atoms with Crippen molar-refractivity contribution in [2.45, 2.75) is 37.5 Å². The Labute approximate surface area is 255 Å². The third-order valence-corrected chi connectivity index (χ3v) is 8.72. The molecule has 1 aromatic heterocycles. The van der Waals surface area contributed by atoms with Gasteiger partial charge in [-0.25, -0.2) is 0 Å². The third-order valence-electron chi connectivity index (χ3n) is 8.72. The predicted molar refractivity (Wildman–Crippen MR) is 167 cm³/mol. The average Bonchev–Trinajstić information content (AvgIpc) is 3.58. The lowest BCUT2D eigenvalue weighted by molar-refractivity contribution is -0.132. The molecule has 8 nitrogen and oxygen atoms in total. The molecule has 0 aliphatic carbocycles. The Kier molecular flexibility index (Phi) is 7.10. The number of aromatic nitrogens is 1. The number of methoxy groups -OCH3 is 1. The first-order valence-corrected chi connectivity index (χ1v) is 14.8. The van der Waals surface area contributed by atoms with Gasteiger partial charge in [-0.15, -0.1) is 0 Å². The van der Waals surface area contributed by atoms with Crippen LogP contribution in [0.3, 0.4) is 0 Å². The lowest BCUT2D eigenvalue weighted by Gasteiger charge is -2.37. The third kappa shape index (κ3) is 4.78. The van der Waals surface area contributed by atoms with Crippen LogP contribution < -0.4 is 15.4 Å². The summed E-state index contributed by atoms with van der Waals surface area (Å²) in [7, 11) is 1.59. The topological polar surface area (TPSA) is 104 Å². The van der Waals surface area contributed by atoms with Gasteiger partial charge in [0.15, 0.2) is 0 Å². The molecule has 2 aliphatic heterocycles. The molecule has 3 amide bonds.